The van der Waals surface area contributed by atoms with Crippen molar-refractivity contribution in [3.8, 4) is 17.6 Å². The van der Waals surface area contributed by atoms with Crippen molar-refractivity contribution >= 4 is 11.4 Å². The summed E-state index contributed by atoms with van der Waals surface area (Å²) in [6, 6.07) is 11.8. The van der Waals surface area contributed by atoms with E-state index in [1.807, 2.05) is 6.19 Å². The molecule has 3 rings (SSSR count). The number of nitrogens with zero attached hydrogens (tertiary/aromatic N) is 4. The fraction of sp³-hybridized carbons (Fsp3) is 0.167. The van der Waals surface area contributed by atoms with E-state index in [4.69, 9.17) is 9.68 Å². The summed E-state index contributed by atoms with van der Waals surface area (Å²) in [4.78, 5) is 1.34. The Balaban J connectivity index is 1.84. The van der Waals surface area contributed by atoms with Gasteiger partial charge >= 0.3 is 6.18 Å². The van der Waals surface area contributed by atoms with Crippen LogP contribution in [0.1, 0.15) is 11.5 Å². The molecule has 1 heterocycles. The molecular weight excluding hydrogens is 359 g/mol. The van der Waals surface area contributed by atoms with Gasteiger partial charge in [0.1, 0.15) is 6.54 Å². The van der Waals surface area contributed by atoms with Crippen LogP contribution >= 0.6 is 0 Å². The van der Waals surface area contributed by atoms with Gasteiger partial charge in [0.25, 0.3) is 0 Å². The third-order valence-corrected chi connectivity index (χ3v) is 3.66. The van der Waals surface area contributed by atoms with Gasteiger partial charge in [-0.3, -0.25) is 0 Å². The Labute approximate surface area is 152 Å². The number of alkyl halides is 3. The fourth-order valence-corrected chi connectivity index (χ4v) is 2.34. The van der Waals surface area contributed by atoms with Crippen LogP contribution in [-0.4, -0.2) is 22.1 Å². The normalized spacial score (nSPS) is 11.1. The lowest BCUT2D eigenvalue weighted by atomic mass is 10.1. The van der Waals surface area contributed by atoms with Crippen molar-refractivity contribution in [2.45, 2.75) is 12.7 Å². The Morgan fingerprint density at radius 3 is 2.48 bits per heavy atom. The number of halogens is 3. The molecule has 3 aromatic rings. The monoisotopic (exact) mass is 373 g/mol. The van der Waals surface area contributed by atoms with Gasteiger partial charge in [-0.25, -0.2) is 0 Å². The molecule has 9 heteroatoms. The number of aromatic nitrogens is 2. The second-order valence-corrected chi connectivity index (χ2v) is 5.70. The van der Waals surface area contributed by atoms with Crippen molar-refractivity contribution in [1.29, 1.82) is 5.26 Å². The standard InChI is InChI=1S/C18H14F3N5O/c1-26(11-22)10-16-24-25-17(27-16)14-4-2-3-5-15(14)23-13-8-6-12(7-9-13)18(19,20)21/h2-9,23H,10H2,1H3. The maximum Gasteiger partial charge on any atom is 0.416 e. The van der Waals surface area contributed by atoms with E-state index < -0.39 is 11.7 Å². The second-order valence-electron chi connectivity index (χ2n) is 5.70. The molecule has 0 aliphatic rings. The second kappa shape index (κ2) is 7.37. The van der Waals surface area contributed by atoms with Gasteiger partial charge in [0.2, 0.25) is 11.8 Å². The Morgan fingerprint density at radius 1 is 1.11 bits per heavy atom. The minimum atomic E-state index is -4.38. The molecule has 0 fully saturated rings. The van der Waals surface area contributed by atoms with E-state index in [0.717, 1.165) is 12.1 Å². The first-order chi connectivity index (χ1) is 12.9. The molecule has 138 valence electrons. The van der Waals surface area contributed by atoms with Gasteiger partial charge in [0.05, 0.1) is 16.8 Å². The highest BCUT2D eigenvalue weighted by atomic mass is 19.4. The van der Waals surface area contributed by atoms with Crippen LogP contribution in [0.15, 0.2) is 52.9 Å². The zero-order valence-corrected chi connectivity index (χ0v) is 14.2. The van der Waals surface area contributed by atoms with Crippen LogP contribution in [0.4, 0.5) is 24.5 Å². The molecule has 0 bridgehead atoms. The van der Waals surface area contributed by atoms with Crippen molar-refractivity contribution in [2.75, 3.05) is 12.4 Å². The highest BCUT2D eigenvalue weighted by Crippen LogP contribution is 2.32. The molecule has 1 N–H and O–H groups in total. The van der Waals surface area contributed by atoms with Crippen LogP contribution in [-0.2, 0) is 12.7 Å². The van der Waals surface area contributed by atoms with Gasteiger partial charge in [-0.1, -0.05) is 12.1 Å². The van der Waals surface area contributed by atoms with Crippen LogP contribution in [0, 0.1) is 11.5 Å². The highest BCUT2D eigenvalue weighted by molar-refractivity contribution is 5.76. The number of hydrogen-bond donors (Lipinski definition) is 1. The van der Waals surface area contributed by atoms with E-state index in [9.17, 15) is 13.2 Å². The van der Waals surface area contributed by atoms with E-state index in [1.165, 1.54) is 17.0 Å². The fourth-order valence-electron chi connectivity index (χ4n) is 2.34. The van der Waals surface area contributed by atoms with Crippen LogP contribution in [0.25, 0.3) is 11.5 Å². The van der Waals surface area contributed by atoms with E-state index in [0.29, 0.717) is 16.9 Å². The minimum absolute atomic E-state index is 0.179. The molecule has 2 aromatic carbocycles. The number of benzene rings is 2. The average molecular weight is 373 g/mol. The molecule has 0 unspecified atom stereocenters. The topological polar surface area (TPSA) is 78.0 Å². The zero-order valence-electron chi connectivity index (χ0n) is 14.2. The summed E-state index contributed by atoms with van der Waals surface area (Å²) in [6.07, 6.45) is -2.45. The molecule has 1 aromatic heterocycles. The van der Waals surface area contributed by atoms with Crippen LogP contribution < -0.4 is 5.32 Å². The predicted molar refractivity (Wildman–Crippen MR) is 91.5 cm³/mol. The molecule has 6 nitrogen and oxygen atoms in total. The molecular formula is C18H14F3N5O. The Kier molecular flexibility index (Phi) is 4.98. The molecule has 27 heavy (non-hydrogen) atoms. The first-order valence-corrected chi connectivity index (χ1v) is 7.84. The number of anilines is 2. The van der Waals surface area contributed by atoms with Crippen molar-refractivity contribution in [2.24, 2.45) is 0 Å². The lowest BCUT2D eigenvalue weighted by Gasteiger charge is -2.11. The molecule has 0 saturated heterocycles. The SMILES string of the molecule is CN(C#N)Cc1nnc(-c2ccccc2Nc2ccc(C(F)(F)F)cc2)o1. The lowest BCUT2D eigenvalue weighted by Crippen LogP contribution is -2.10. The van der Waals surface area contributed by atoms with Crippen molar-refractivity contribution < 1.29 is 17.6 Å². The first kappa shape index (κ1) is 18.3. The quantitative estimate of drug-likeness (QED) is 0.527. The van der Waals surface area contributed by atoms with Gasteiger partial charge < -0.3 is 14.6 Å². The highest BCUT2D eigenvalue weighted by Gasteiger charge is 2.29. The number of hydrogen-bond acceptors (Lipinski definition) is 6. The average Bonchev–Trinajstić information content (AvgIpc) is 3.10. The van der Waals surface area contributed by atoms with Gasteiger partial charge in [-0.2, -0.15) is 18.4 Å². The molecule has 0 aliphatic carbocycles. The van der Waals surface area contributed by atoms with Gasteiger partial charge in [-0.05, 0) is 36.4 Å². The Bertz CT molecular complexity index is 960. The summed E-state index contributed by atoms with van der Waals surface area (Å²) < 4.78 is 43.6. The number of para-hydroxylation sites is 1. The third-order valence-electron chi connectivity index (χ3n) is 3.66. The van der Waals surface area contributed by atoms with Crippen LogP contribution in [0.3, 0.4) is 0 Å². The molecule has 0 spiro atoms. The van der Waals surface area contributed by atoms with Crippen LogP contribution in [0.5, 0.6) is 0 Å². The number of nitrogens with one attached hydrogen (secondary N) is 1. The van der Waals surface area contributed by atoms with Crippen molar-refractivity contribution in [3.05, 3.63) is 60.0 Å². The van der Waals surface area contributed by atoms with E-state index in [-0.39, 0.29) is 18.3 Å². The third kappa shape index (κ3) is 4.36. The number of nitriles is 1. The van der Waals surface area contributed by atoms with Crippen molar-refractivity contribution in [1.82, 2.24) is 15.1 Å². The zero-order chi connectivity index (χ0) is 19.4. The lowest BCUT2D eigenvalue weighted by molar-refractivity contribution is -0.137. The molecule has 0 atom stereocenters. The minimum Gasteiger partial charge on any atom is -0.419 e. The first-order valence-electron chi connectivity index (χ1n) is 7.84. The van der Waals surface area contributed by atoms with Gasteiger partial charge in [0.15, 0.2) is 6.19 Å². The van der Waals surface area contributed by atoms with E-state index >= 15 is 0 Å². The summed E-state index contributed by atoms with van der Waals surface area (Å²) in [5, 5.41) is 19.7. The van der Waals surface area contributed by atoms with E-state index in [2.05, 4.69) is 15.5 Å². The van der Waals surface area contributed by atoms with Crippen molar-refractivity contribution in [3.63, 3.8) is 0 Å². The molecule has 0 amide bonds. The Morgan fingerprint density at radius 2 is 1.81 bits per heavy atom. The van der Waals surface area contributed by atoms with E-state index in [1.54, 1.807) is 31.3 Å². The largest absolute Gasteiger partial charge is 0.419 e. The smallest absolute Gasteiger partial charge is 0.416 e. The summed E-state index contributed by atoms with van der Waals surface area (Å²) in [6.45, 7) is 0.179. The predicted octanol–water partition coefficient (Wildman–Crippen LogP) is 4.41. The number of rotatable bonds is 5. The van der Waals surface area contributed by atoms with Gasteiger partial charge in [0, 0.05) is 12.7 Å². The maximum absolute atomic E-state index is 12.7. The summed E-state index contributed by atoms with van der Waals surface area (Å²) >= 11 is 0. The maximum atomic E-state index is 12.7. The molecule has 0 aliphatic heterocycles. The molecule has 0 radical (unpaired) electrons. The summed E-state index contributed by atoms with van der Waals surface area (Å²) in [5.41, 5.74) is 0.959. The summed E-state index contributed by atoms with van der Waals surface area (Å²) in [7, 11) is 1.59. The van der Waals surface area contributed by atoms with Crippen LogP contribution in [0.2, 0.25) is 0 Å². The summed E-state index contributed by atoms with van der Waals surface area (Å²) in [5.74, 6) is 0.518. The Hall–Kier alpha value is -3.54. The van der Waals surface area contributed by atoms with Gasteiger partial charge in [-0.15, -0.1) is 10.2 Å². The molecule has 0 saturated carbocycles.